The Morgan fingerprint density at radius 1 is 1.48 bits per heavy atom. The Balaban J connectivity index is 1.71. The molecule has 1 aliphatic heterocycles. The van der Waals surface area contributed by atoms with Crippen LogP contribution in [0.5, 0.6) is 0 Å². The van der Waals surface area contributed by atoms with Gasteiger partial charge < -0.3 is 13.9 Å². The minimum absolute atomic E-state index is 0.00477. The maximum atomic E-state index is 12.7. The van der Waals surface area contributed by atoms with Crippen LogP contribution in [0.4, 0.5) is 0 Å². The number of rotatable bonds is 4. The molecule has 5 nitrogen and oxygen atoms in total. The van der Waals surface area contributed by atoms with Crippen molar-refractivity contribution in [2.45, 2.75) is 45.7 Å². The average Bonchev–Trinajstić information content (AvgIpc) is 3.16. The number of likely N-dealkylation sites (tertiary alicyclic amines) is 1. The van der Waals surface area contributed by atoms with Crippen LogP contribution in [0.25, 0.3) is 0 Å². The minimum Gasteiger partial charge on any atom is -0.467 e. The van der Waals surface area contributed by atoms with Gasteiger partial charge >= 0.3 is 4.87 Å². The molecule has 0 unspecified atom stereocenters. The zero-order valence-electron chi connectivity index (χ0n) is 13.5. The first-order valence-corrected chi connectivity index (χ1v) is 8.92. The van der Waals surface area contributed by atoms with Crippen LogP contribution in [0.1, 0.15) is 43.7 Å². The lowest BCUT2D eigenvalue weighted by Crippen LogP contribution is -2.41. The van der Waals surface area contributed by atoms with Crippen LogP contribution in [0, 0.1) is 12.8 Å². The number of hydrogen-bond acceptors (Lipinski definition) is 4. The van der Waals surface area contributed by atoms with E-state index in [-0.39, 0.29) is 16.8 Å². The number of hydrogen-bond donors (Lipinski definition) is 0. The third kappa shape index (κ3) is 3.42. The predicted molar refractivity (Wildman–Crippen MR) is 89.5 cm³/mol. The number of piperidine rings is 1. The lowest BCUT2D eigenvalue weighted by atomic mass is 9.91. The first-order chi connectivity index (χ1) is 11.1. The number of amides is 1. The number of furan rings is 1. The third-order valence-corrected chi connectivity index (χ3v) is 5.46. The molecular formula is C17H22N2O3S. The van der Waals surface area contributed by atoms with Crippen molar-refractivity contribution in [1.29, 1.82) is 0 Å². The molecule has 2 aromatic rings. The summed E-state index contributed by atoms with van der Waals surface area (Å²) < 4.78 is 7.22. The van der Waals surface area contributed by atoms with Crippen molar-refractivity contribution >= 4 is 17.2 Å². The topological polar surface area (TPSA) is 55.5 Å². The quantitative estimate of drug-likeness (QED) is 0.863. The van der Waals surface area contributed by atoms with Crippen LogP contribution in [0.2, 0.25) is 0 Å². The summed E-state index contributed by atoms with van der Waals surface area (Å²) in [6.45, 7) is 5.31. The zero-order chi connectivity index (χ0) is 16.4. The second kappa shape index (κ2) is 6.74. The van der Waals surface area contributed by atoms with Crippen LogP contribution in [-0.2, 0) is 11.3 Å². The minimum atomic E-state index is 0.00477. The van der Waals surface area contributed by atoms with E-state index in [2.05, 4.69) is 6.92 Å². The summed E-state index contributed by atoms with van der Waals surface area (Å²) in [5.74, 6) is 1.53. The molecule has 0 aromatic carbocycles. The monoisotopic (exact) mass is 334 g/mol. The Kier molecular flexibility index (Phi) is 4.71. The molecule has 3 heterocycles. The first kappa shape index (κ1) is 16.1. The van der Waals surface area contributed by atoms with Gasteiger partial charge in [-0.1, -0.05) is 18.3 Å². The molecule has 1 saturated heterocycles. The molecular weight excluding hydrogens is 312 g/mol. The van der Waals surface area contributed by atoms with E-state index in [4.69, 9.17) is 4.42 Å². The lowest BCUT2D eigenvalue weighted by Gasteiger charge is -2.37. The van der Waals surface area contributed by atoms with Crippen molar-refractivity contribution in [3.63, 3.8) is 0 Å². The fourth-order valence-corrected chi connectivity index (χ4v) is 3.98. The molecule has 124 valence electrons. The smallest absolute Gasteiger partial charge is 0.307 e. The Bertz CT molecular complexity index is 717. The lowest BCUT2D eigenvalue weighted by molar-refractivity contribution is -0.136. The summed E-state index contributed by atoms with van der Waals surface area (Å²) in [4.78, 5) is 26.4. The van der Waals surface area contributed by atoms with Crippen LogP contribution in [0.3, 0.4) is 0 Å². The summed E-state index contributed by atoms with van der Waals surface area (Å²) in [5, 5.41) is 1.83. The van der Waals surface area contributed by atoms with Gasteiger partial charge in [0, 0.05) is 30.6 Å². The van der Waals surface area contributed by atoms with Gasteiger partial charge in [-0.3, -0.25) is 9.59 Å². The molecule has 2 atom stereocenters. The second-order valence-electron chi connectivity index (χ2n) is 6.29. The molecule has 0 radical (unpaired) electrons. The highest BCUT2D eigenvalue weighted by molar-refractivity contribution is 7.07. The van der Waals surface area contributed by atoms with Gasteiger partial charge in [0.1, 0.15) is 5.76 Å². The number of thiazole rings is 1. The van der Waals surface area contributed by atoms with Crippen molar-refractivity contribution in [1.82, 2.24) is 9.47 Å². The molecule has 0 saturated carbocycles. The molecule has 1 amide bonds. The van der Waals surface area contributed by atoms with Gasteiger partial charge in [-0.25, -0.2) is 0 Å². The Hall–Kier alpha value is -1.82. The van der Waals surface area contributed by atoms with Gasteiger partial charge in [-0.2, -0.15) is 0 Å². The molecule has 23 heavy (non-hydrogen) atoms. The standard InChI is InChI=1S/C17H22N2O3S/c1-12-5-7-19(14(10-12)15-4-3-9-22-15)16(20)6-8-18-13(2)11-23-17(18)21/h3-4,9,11-12,14H,5-8,10H2,1-2H3/t12-,14-/m0/s1. The first-order valence-electron chi connectivity index (χ1n) is 8.04. The van der Waals surface area contributed by atoms with Crippen molar-refractivity contribution in [2.75, 3.05) is 6.54 Å². The van der Waals surface area contributed by atoms with Gasteiger partial charge in [0.15, 0.2) is 0 Å². The summed E-state index contributed by atoms with van der Waals surface area (Å²) in [7, 11) is 0. The molecule has 2 aromatic heterocycles. The van der Waals surface area contributed by atoms with E-state index in [0.29, 0.717) is 18.9 Å². The second-order valence-corrected chi connectivity index (χ2v) is 7.11. The highest BCUT2D eigenvalue weighted by atomic mass is 32.1. The molecule has 1 aliphatic rings. The fraction of sp³-hybridized carbons (Fsp3) is 0.529. The van der Waals surface area contributed by atoms with Crippen LogP contribution >= 0.6 is 11.3 Å². The number of aryl methyl sites for hydroxylation is 1. The van der Waals surface area contributed by atoms with E-state index < -0.39 is 0 Å². The highest BCUT2D eigenvalue weighted by Gasteiger charge is 2.32. The normalized spacial score (nSPS) is 21.6. The van der Waals surface area contributed by atoms with E-state index in [0.717, 1.165) is 30.8 Å². The maximum Gasteiger partial charge on any atom is 0.307 e. The van der Waals surface area contributed by atoms with Crippen molar-refractivity contribution in [3.8, 4) is 0 Å². The van der Waals surface area contributed by atoms with Crippen molar-refractivity contribution in [3.05, 3.63) is 44.9 Å². The number of carbonyl (C=O) groups excluding carboxylic acids is 1. The van der Waals surface area contributed by atoms with Gasteiger partial charge in [0.2, 0.25) is 5.91 Å². The molecule has 0 aliphatic carbocycles. The molecule has 0 bridgehead atoms. The van der Waals surface area contributed by atoms with Crippen molar-refractivity contribution < 1.29 is 9.21 Å². The molecule has 3 rings (SSSR count). The van der Waals surface area contributed by atoms with Crippen LogP contribution < -0.4 is 4.87 Å². The van der Waals surface area contributed by atoms with E-state index in [1.165, 1.54) is 11.3 Å². The summed E-state index contributed by atoms with van der Waals surface area (Å²) in [5.41, 5.74) is 0.919. The summed E-state index contributed by atoms with van der Waals surface area (Å²) in [6.07, 6.45) is 3.95. The van der Waals surface area contributed by atoms with Crippen molar-refractivity contribution in [2.24, 2.45) is 5.92 Å². The summed E-state index contributed by atoms with van der Waals surface area (Å²) >= 11 is 1.18. The van der Waals surface area contributed by atoms with Gasteiger partial charge in [-0.15, -0.1) is 0 Å². The molecule has 0 spiro atoms. The SMILES string of the molecule is Cc1csc(=O)n1CCC(=O)N1CC[C@H](C)C[C@H]1c1ccco1. The largest absolute Gasteiger partial charge is 0.467 e. The van der Waals surface area contributed by atoms with E-state index in [9.17, 15) is 9.59 Å². The number of carbonyl (C=O) groups is 1. The maximum absolute atomic E-state index is 12.7. The molecule has 6 heteroatoms. The van der Waals surface area contributed by atoms with Gasteiger partial charge in [0.05, 0.1) is 12.3 Å². The van der Waals surface area contributed by atoms with E-state index in [1.54, 1.807) is 10.8 Å². The number of nitrogens with zero attached hydrogens (tertiary/aromatic N) is 2. The summed E-state index contributed by atoms with van der Waals surface area (Å²) in [6, 6.07) is 3.82. The van der Waals surface area contributed by atoms with Gasteiger partial charge in [-0.05, 0) is 37.8 Å². The third-order valence-electron chi connectivity index (χ3n) is 4.58. The van der Waals surface area contributed by atoms with Crippen LogP contribution in [-0.4, -0.2) is 21.9 Å². The Morgan fingerprint density at radius 3 is 2.96 bits per heavy atom. The Labute approximate surface area is 139 Å². The Morgan fingerprint density at radius 2 is 2.30 bits per heavy atom. The fourth-order valence-electron chi connectivity index (χ4n) is 3.22. The highest BCUT2D eigenvalue weighted by Crippen LogP contribution is 2.34. The average molecular weight is 334 g/mol. The van der Waals surface area contributed by atoms with E-state index >= 15 is 0 Å². The molecule has 1 fully saturated rings. The van der Waals surface area contributed by atoms with Gasteiger partial charge in [0.25, 0.3) is 0 Å². The molecule has 0 N–H and O–H groups in total. The zero-order valence-corrected chi connectivity index (χ0v) is 14.3. The predicted octanol–water partition coefficient (Wildman–Crippen LogP) is 3.20. The van der Waals surface area contributed by atoms with E-state index in [1.807, 2.05) is 29.3 Å². The number of aromatic nitrogens is 1. The van der Waals surface area contributed by atoms with Crippen LogP contribution in [0.15, 0.2) is 33.0 Å².